The van der Waals surface area contributed by atoms with Crippen LogP contribution in [0.3, 0.4) is 0 Å². The number of para-hydroxylation sites is 1. The fourth-order valence-corrected chi connectivity index (χ4v) is 2.75. The third-order valence-electron chi connectivity index (χ3n) is 3.93. The Morgan fingerprint density at radius 2 is 2.16 bits per heavy atom. The highest BCUT2D eigenvalue weighted by molar-refractivity contribution is 6.02. The van der Waals surface area contributed by atoms with Gasteiger partial charge in [0.25, 0.3) is 0 Å². The number of aromatic carboxylic acids is 1. The molecule has 0 saturated carbocycles. The molecule has 1 aliphatic heterocycles. The molecule has 2 heterocycles. The molecule has 0 bridgehead atoms. The molecule has 1 aromatic carbocycles. The maximum Gasteiger partial charge on any atom is 0.371 e. The number of ether oxygens (including phenoxy) is 1. The van der Waals surface area contributed by atoms with Gasteiger partial charge >= 0.3 is 5.97 Å². The van der Waals surface area contributed by atoms with Crippen molar-refractivity contribution >= 4 is 23.5 Å². The SMILES string of the molecule is COc1cccc2c1NC(=O)C[C@H]2C(=O)NCc1ccc(C(=O)O)o1. The standard InChI is InChI=1S/C17H16N2O6/c1-24-12-4-2-3-10-11(7-14(20)19-15(10)12)16(21)18-8-9-5-6-13(25-9)17(22)23/h2-6,11H,7-8H2,1H3,(H,18,21)(H,19,20)(H,22,23)/t11-/m1/s1. The van der Waals surface area contributed by atoms with Crippen molar-refractivity contribution < 1.29 is 28.6 Å². The summed E-state index contributed by atoms with van der Waals surface area (Å²) >= 11 is 0. The lowest BCUT2D eigenvalue weighted by atomic mass is 9.89. The van der Waals surface area contributed by atoms with E-state index in [-0.39, 0.29) is 30.5 Å². The lowest BCUT2D eigenvalue weighted by Gasteiger charge is -2.26. The van der Waals surface area contributed by atoms with Crippen LogP contribution in [-0.2, 0) is 16.1 Å². The minimum Gasteiger partial charge on any atom is -0.495 e. The van der Waals surface area contributed by atoms with E-state index in [9.17, 15) is 14.4 Å². The molecule has 0 radical (unpaired) electrons. The van der Waals surface area contributed by atoms with Crippen LogP contribution in [-0.4, -0.2) is 30.0 Å². The minimum absolute atomic E-state index is 0.0184. The van der Waals surface area contributed by atoms with Crippen molar-refractivity contribution in [3.8, 4) is 5.75 Å². The normalized spacial score (nSPS) is 15.9. The van der Waals surface area contributed by atoms with Crippen LogP contribution < -0.4 is 15.4 Å². The number of hydrogen-bond acceptors (Lipinski definition) is 5. The van der Waals surface area contributed by atoms with Gasteiger partial charge in [0.15, 0.2) is 0 Å². The van der Waals surface area contributed by atoms with Gasteiger partial charge in [-0.1, -0.05) is 12.1 Å². The number of anilines is 1. The highest BCUT2D eigenvalue weighted by atomic mass is 16.5. The molecule has 130 valence electrons. The molecular formula is C17H16N2O6. The number of carboxylic acid groups (broad SMARTS) is 1. The Labute approximate surface area is 142 Å². The summed E-state index contributed by atoms with van der Waals surface area (Å²) in [5.41, 5.74) is 1.16. The van der Waals surface area contributed by atoms with Crippen molar-refractivity contribution in [1.29, 1.82) is 0 Å². The molecule has 1 aliphatic rings. The first-order valence-corrected chi connectivity index (χ1v) is 7.56. The number of rotatable bonds is 5. The van der Waals surface area contributed by atoms with Gasteiger partial charge in [-0.15, -0.1) is 0 Å². The van der Waals surface area contributed by atoms with Crippen LogP contribution in [0.25, 0.3) is 0 Å². The van der Waals surface area contributed by atoms with Crippen molar-refractivity contribution in [2.45, 2.75) is 18.9 Å². The number of carboxylic acids is 1. The van der Waals surface area contributed by atoms with Gasteiger partial charge in [-0.05, 0) is 23.8 Å². The second-order valence-electron chi connectivity index (χ2n) is 5.52. The number of hydrogen-bond donors (Lipinski definition) is 3. The molecule has 8 nitrogen and oxygen atoms in total. The molecule has 1 atom stereocenters. The topological polar surface area (TPSA) is 118 Å². The van der Waals surface area contributed by atoms with Crippen LogP contribution in [0.15, 0.2) is 34.7 Å². The zero-order chi connectivity index (χ0) is 18.0. The van der Waals surface area contributed by atoms with E-state index in [1.54, 1.807) is 18.2 Å². The van der Waals surface area contributed by atoms with Gasteiger partial charge in [0.05, 0.1) is 25.3 Å². The molecule has 8 heteroatoms. The summed E-state index contributed by atoms with van der Waals surface area (Å²) in [4.78, 5) is 35.3. The second-order valence-corrected chi connectivity index (χ2v) is 5.52. The molecule has 3 N–H and O–H groups in total. The largest absolute Gasteiger partial charge is 0.495 e. The number of nitrogens with one attached hydrogen (secondary N) is 2. The van der Waals surface area contributed by atoms with Crippen molar-refractivity contribution in [1.82, 2.24) is 5.32 Å². The fourth-order valence-electron chi connectivity index (χ4n) is 2.75. The summed E-state index contributed by atoms with van der Waals surface area (Å²) in [6.45, 7) is 0.0313. The lowest BCUT2D eigenvalue weighted by Crippen LogP contribution is -2.34. The predicted molar refractivity (Wildman–Crippen MR) is 86.5 cm³/mol. The van der Waals surface area contributed by atoms with Crippen LogP contribution in [0.2, 0.25) is 0 Å². The average Bonchev–Trinajstić information content (AvgIpc) is 3.07. The third kappa shape index (κ3) is 3.32. The van der Waals surface area contributed by atoms with Crippen molar-refractivity contribution in [2.75, 3.05) is 12.4 Å². The van der Waals surface area contributed by atoms with E-state index in [1.807, 2.05) is 0 Å². The van der Waals surface area contributed by atoms with E-state index < -0.39 is 11.9 Å². The number of carbonyl (C=O) groups excluding carboxylic acids is 2. The number of fused-ring (bicyclic) bond motifs is 1. The van der Waals surface area contributed by atoms with Crippen LogP contribution in [0, 0.1) is 0 Å². The predicted octanol–water partition coefficient (Wildman–Crippen LogP) is 1.73. The molecule has 0 unspecified atom stereocenters. The third-order valence-corrected chi connectivity index (χ3v) is 3.93. The van der Waals surface area contributed by atoms with E-state index in [0.717, 1.165) is 0 Å². The summed E-state index contributed by atoms with van der Waals surface area (Å²) in [7, 11) is 1.49. The molecule has 3 rings (SSSR count). The number of methoxy groups -OCH3 is 1. The highest BCUT2D eigenvalue weighted by Crippen LogP contribution is 2.38. The Morgan fingerprint density at radius 1 is 1.36 bits per heavy atom. The Bertz CT molecular complexity index is 841. The zero-order valence-corrected chi connectivity index (χ0v) is 13.4. The summed E-state index contributed by atoms with van der Waals surface area (Å²) in [6.07, 6.45) is 0.0184. The molecule has 2 aromatic rings. The van der Waals surface area contributed by atoms with E-state index in [4.69, 9.17) is 14.3 Å². The monoisotopic (exact) mass is 344 g/mol. The van der Waals surface area contributed by atoms with Crippen molar-refractivity contribution in [3.05, 3.63) is 47.4 Å². The van der Waals surface area contributed by atoms with E-state index in [2.05, 4.69) is 10.6 Å². The Kier molecular flexibility index (Phi) is 4.42. The van der Waals surface area contributed by atoms with Crippen LogP contribution >= 0.6 is 0 Å². The Balaban J connectivity index is 1.76. The number of amides is 2. The molecular weight excluding hydrogens is 328 g/mol. The number of benzene rings is 1. The van der Waals surface area contributed by atoms with Crippen LogP contribution in [0.5, 0.6) is 5.75 Å². The maximum atomic E-state index is 12.5. The smallest absolute Gasteiger partial charge is 0.371 e. The average molecular weight is 344 g/mol. The summed E-state index contributed by atoms with van der Waals surface area (Å²) in [5.74, 6) is -1.86. The molecule has 0 fully saturated rings. The van der Waals surface area contributed by atoms with Crippen molar-refractivity contribution in [2.24, 2.45) is 0 Å². The lowest BCUT2D eigenvalue weighted by molar-refractivity contribution is -0.126. The zero-order valence-electron chi connectivity index (χ0n) is 13.4. The summed E-state index contributed by atoms with van der Waals surface area (Å²) in [5, 5.41) is 14.2. The number of furan rings is 1. The first kappa shape index (κ1) is 16.6. The second kappa shape index (κ2) is 6.68. The molecule has 0 aliphatic carbocycles. The number of carbonyl (C=O) groups is 3. The van der Waals surface area contributed by atoms with E-state index in [1.165, 1.54) is 19.2 Å². The Morgan fingerprint density at radius 3 is 2.84 bits per heavy atom. The highest BCUT2D eigenvalue weighted by Gasteiger charge is 2.32. The van der Waals surface area contributed by atoms with Gasteiger partial charge in [0, 0.05) is 6.42 Å². The van der Waals surface area contributed by atoms with Crippen LogP contribution in [0.1, 0.15) is 34.2 Å². The van der Waals surface area contributed by atoms with Gasteiger partial charge < -0.3 is 24.9 Å². The van der Waals surface area contributed by atoms with Crippen molar-refractivity contribution in [3.63, 3.8) is 0 Å². The van der Waals surface area contributed by atoms with Crippen LogP contribution in [0.4, 0.5) is 5.69 Å². The first-order valence-electron chi connectivity index (χ1n) is 7.56. The molecule has 0 spiro atoms. The molecule has 2 amide bonds. The van der Waals surface area contributed by atoms with E-state index >= 15 is 0 Å². The molecule has 25 heavy (non-hydrogen) atoms. The molecule has 0 saturated heterocycles. The quantitative estimate of drug-likeness (QED) is 0.760. The maximum absolute atomic E-state index is 12.5. The van der Waals surface area contributed by atoms with Gasteiger partial charge in [-0.2, -0.15) is 0 Å². The summed E-state index contributed by atoms with van der Waals surface area (Å²) < 4.78 is 10.3. The van der Waals surface area contributed by atoms with Gasteiger partial charge in [-0.25, -0.2) is 4.79 Å². The first-order chi connectivity index (χ1) is 12.0. The van der Waals surface area contributed by atoms with Gasteiger partial charge in [-0.3, -0.25) is 9.59 Å². The van der Waals surface area contributed by atoms with Gasteiger partial charge in [0.1, 0.15) is 11.5 Å². The Hall–Kier alpha value is -3.29. The van der Waals surface area contributed by atoms with Gasteiger partial charge in [0.2, 0.25) is 17.6 Å². The minimum atomic E-state index is -1.18. The molecule has 1 aromatic heterocycles. The van der Waals surface area contributed by atoms with E-state index in [0.29, 0.717) is 22.8 Å². The summed E-state index contributed by atoms with van der Waals surface area (Å²) in [6, 6.07) is 8.01. The fraction of sp³-hybridized carbons (Fsp3) is 0.235.